The van der Waals surface area contributed by atoms with Crippen LogP contribution in [-0.4, -0.2) is 35.1 Å². The van der Waals surface area contributed by atoms with E-state index in [0.29, 0.717) is 30.2 Å². The smallest absolute Gasteiger partial charge is 0.303 e. The first kappa shape index (κ1) is 10.9. The van der Waals surface area contributed by atoms with Gasteiger partial charge < -0.3 is 10.0 Å². The molecule has 1 saturated carbocycles. The number of hydrogen-bond donors (Lipinski definition) is 1. The molecule has 86 valence electrons. The Labute approximate surface area is 91.5 Å². The van der Waals surface area contributed by atoms with Gasteiger partial charge in [0.25, 0.3) is 0 Å². The van der Waals surface area contributed by atoms with Gasteiger partial charge in [0.1, 0.15) is 0 Å². The van der Waals surface area contributed by atoms with Crippen molar-refractivity contribution in [3.05, 3.63) is 0 Å². The SMILES string of the molecule is CC(C)N1CC2CCC(C1)C2CC(=O)O. The van der Waals surface area contributed by atoms with E-state index >= 15 is 0 Å². The molecule has 0 aromatic rings. The topological polar surface area (TPSA) is 40.5 Å². The highest BCUT2D eigenvalue weighted by Crippen LogP contribution is 2.44. The lowest BCUT2D eigenvalue weighted by Gasteiger charge is -2.39. The molecule has 2 bridgehead atoms. The molecule has 3 heteroatoms. The fraction of sp³-hybridized carbons (Fsp3) is 0.917. The van der Waals surface area contributed by atoms with Crippen LogP contribution >= 0.6 is 0 Å². The van der Waals surface area contributed by atoms with Gasteiger partial charge in [-0.05, 0) is 44.4 Å². The van der Waals surface area contributed by atoms with Crippen LogP contribution in [0.2, 0.25) is 0 Å². The summed E-state index contributed by atoms with van der Waals surface area (Å²) in [6, 6.07) is 0.610. The number of rotatable bonds is 3. The van der Waals surface area contributed by atoms with Gasteiger partial charge in [0, 0.05) is 25.6 Å². The van der Waals surface area contributed by atoms with Gasteiger partial charge in [-0.25, -0.2) is 0 Å². The second kappa shape index (κ2) is 4.12. The summed E-state index contributed by atoms with van der Waals surface area (Å²) in [5.41, 5.74) is 0. The minimum atomic E-state index is -0.616. The molecule has 2 atom stereocenters. The number of piperidine rings is 1. The van der Waals surface area contributed by atoms with Crippen molar-refractivity contribution in [2.75, 3.05) is 13.1 Å². The monoisotopic (exact) mass is 211 g/mol. The molecule has 2 fully saturated rings. The summed E-state index contributed by atoms with van der Waals surface area (Å²) >= 11 is 0. The quantitative estimate of drug-likeness (QED) is 0.774. The molecule has 0 radical (unpaired) electrons. The lowest BCUT2D eigenvalue weighted by molar-refractivity contribution is -0.139. The summed E-state index contributed by atoms with van der Waals surface area (Å²) in [6.07, 6.45) is 2.87. The number of likely N-dealkylation sites (tertiary alicyclic amines) is 1. The molecule has 1 aliphatic heterocycles. The van der Waals surface area contributed by atoms with Gasteiger partial charge in [0.2, 0.25) is 0 Å². The third kappa shape index (κ3) is 2.17. The summed E-state index contributed by atoms with van der Waals surface area (Å²) in [5, 5.41) is 8.89. The Balaban J connectivity index is 2.00. The van der Waals surface area contributed by atoms with Crippen LogP contribution in [0.4, 0.5) is 0 Å². The Kier molecular flexibility index (Phi) is 3.01. The second-order valence-electron chi connectivity index (χ2n) is 5.41. The van der Waals surface area contributed by atoms with Gasteiger partial charge in [-0.15, -0.1) is 0 Å². The molecular formula is C12H21NO2. The minimum Gasteiger partial charge on any atom is -0.481 e. The number of carboxylic acids is 1. The van der Waals surface area contributed by atoms with Crippen LogP contribution in [0.25, 0.3) is 0 Å². The van der Waals surface area contributed by atoms with E-state index < -0.39 is 5.97 Å². The zero-order valence-electron chi connectivity index (χ0n) is 9.65. The molecule has 1 N–H and O–H groups in total. The number of fused-ring (bicyclic) bond motifs is 2. The largest absolute Gasteiger partial charge is 0.481 e. The third-order valence-corrected chi connectivity index (χ3v) is 4.20. The highest BCUT2D eigenvalue weighted by atomic mass is 16.4. The molecule has 15 heavy (non-hydrogen) atoms. The lowest BCUT2D eigenvalue weighted by atomic mass is 9.82. The minimum absolute atomic E-state index is 0.390. The number of carbonyl (C=O) groups is 1. The first-order chi connectivity index (χ1) is 7.08. The third-order valence-electron chi connectivity index (χ3n) is 4.20. The summed E-state index contributed by atoms with van der Waals surface area (Å²) < 4.78 is 0. The number of aliphatic carboxylic acids is 1. The first-order valence-corrected chi connectivity index (χ1v) is 6.03. The van der Waals surface area contributed by atoms with Gasteiger partial charge in [0.05, 0.1) is 0 Å². The number of nitrogens with zero attached hydrogens (tertiary/aromatic N) is 1. The predicted octanol–water partition coefficient (Wildman–Crippen LogP) is 1.83. The zero-order valence-corrected chi connectivity index (χ0v) is 9.65. The molecule has 0 aromatic carbocycles. The molecule has 2 aliphatic rings. The maximum Gasteiger partial charge on any atom is 0.303 e. The Morgan fingerprint density at radius 3 is 2.27 bits per heavy atom. The Hall–Kier alpha value is -0.570. The van der Waals surface area contributed by atoms with E-state index in [1.165, 1.54) is 12.8 Å². The first-order valence-electron chi connectivity index (χ1n) is 6.03. The summed E-state index contributed by atoms with van der Waals surface area (Å²) in [7, 11) is 0. The van der Waals surface area contributed by atoms with Crippen LogP contribution in [-0.2, 0) is 4.79 Å². The maximum atomic E-state index is 10.8. The van der Waals surface area contributed by atoms with Gasteiger partial charge in [-0.2, -0.15) is 0 Å². The van der Waals surface area contributed by atoms with Crippen LogP contribution in [0.1, 0.15) is 33.1 Å². The molecule has 0 aromatic heterocycles. The van der Waals surface area contributed by atoms with Crippen LogP contribution in [0.3, 0.4) is 0 Å². The number of carboxylic acid groups (broad SMARTS) is 1. The van der Waals surface area contributed by atoms with E-state index in [-0.39, 0.29) is 0 Å². The van der Waals surface area contributed by atoms with Gasteiger partial charge in [-0.1, -0.05) is 0 Å². The van der Waals surface area contributed by atoms with Crippen molar-refractivity contribution < 1.29 is 9.90 Å². The van der Waals surface area contributed by atoms with E-state index in [0.717, 1.165) is 13.1 Å². The van der Waals surface area contributed by atoms with Gasteiger partial charge in [-0.3, -0.25) is 4.79 Å². The predicted molar refractivity (Wildman–Crippen MR) is 58.7 cm³/mol. The summed E-state index contributed by atoms with van der Waals surface area (Å²) in [5.74, 6) is 1.12. The molecule has 2 rings (SSSR count). The average molecular weight is 211 g/mol. The standard InChI is InChI=1S/C12H21NO2/c1-8(2)13-6-9-3-4-10(7-13)11(9)5-12(14)15/h8-11H,3-7H2,1-2H3,(H,14,15). The van der Waals surface area contributed by atoms with E-state index in [4.69, 9.17) is 5.11 Å². The van der Waals surface area contributed by atoms with Crippen LogP contribution in [0.15, 0.2) is 0 Å². The summed E-state index contributed by atoms with van der Waals surface area (Å²) in [6.45, 7) is 6.70. The molecule has 3 nitrogen and oxygen atoms in total. The van der Waals surface area contributed by atoms with Gasteiger partial charge >= 0.3 is 5.97 Å². The van der Waals surface area contributed by atoms with Crippen LogP contribution in [0.5, 0.6) is 0 Å². The van der Waals surface area contributed by atoms with Crippen molar-refractivity contribution in [3.8, 4) is 0 Å². The average Bonchev–Trinajstić information content (AvgIpc) is 2.40. The number of hydrogen-bond acceptors (Lipinski definition) is 2. The van der Waals surface area contributed by atoms with Crippen molar-refractivity contribution in [3.63, 3.8) is 0 Å². The van der Waals surface area contributed by atoms with E-state index in [1.54, 1.807) is 0 Å². The molecule has 0 amide bonds. The van der Waals surface area contributed by atoms with Crippen molar-refractivity contribution in [2.24, 2.45) is 17.8 Å². The zero-order chi connectivity index (χ0) is 11.0. The van der Waals surface area contributed by atoms with Crippen LogP contribution in [0, 0.1) is 17.8 Å². The molecule has 1 aliphatic carbocycles. The van der Waals surface area contributed by atoms with Gasteiger partial charge in [0.15, 0.2) is 0 Å². The molecular weight excluding hydrogens is 190 g/mol. The highest BCUT2D eigenvalue weighted by molar-refractivity contribution is 5.67. The van der Waals surface area contributed by atoms with E-state index in [1.807, 2.05) is 0 Å². The second-order valence-corrected chi connectivity index (χ2v) is 5.41. The van der Waals surface area contributed by atoms with Crippen molar-refractivity contribution in [2.45, 2.75) is 39.2 Å². The molecule has 1 heterocycles. The fourth-order valence-electron chi connectivity index (χ4n) is 3.33. The van der Waals surface area contributed by atoms with Crippen LogP contribution < -0.4 is 0 Å². The fourth-order valence-corrected chi connectivity index (χ4v) is 3.33. The van der Waals surface area contributed by atoms with Crippen molar-refractivity contribution in [1.82, 2.24) is 4.90 Å². The Morgan fingerprint density at radius 1 is 1.33 bits per heavy atom. The normalized spacial score (nSPS) is 36.1. The summed E-state index contributed by atoms with van der Waals surface area (Å²) in [4.78, 5) is 13.3. The highest BCUT2D eigenvalue weighted by Gasteiger charge is 2.42. The van der Waals surface area contributed by atoms with E-state index in [2.05, 4.69) is 18.7 Å². The van der Waals surface area contributed by atoms with Crippen molar-refractivity contribution >= 4 is 5.97 Å². The van der Waals surface area contributed by atoms with E-state index in [9.17, 15) is 4.79 Å². The molecule has 0 spiro atoms. The van der Waals surface area contributed by atoms with Crippen molar-refractivity contribution in [1.29, 1.82) is 0 Å². The lowest BCUT2D eigenvalue weighted by Crippen LogP contribution is -2.45. The Morgan fingerprint density at radius 2 is 1.87 bits per heavy atom. The molecule has 2 unspecified atom stereocenters. The molecule has 1 saturated heterocycles. The Bertz CT molecular complexity index is 238. The maximum absolute atomic E-state index is 10.8.